The minimum atomic E-state index is -0.0559. The number of nitrogens with zero attached hydrogens (tertiary/aromatic N) is 2. The van der Waals surface area contributed by atoms with Crippen LogP contribution >= 0.6 is 34.7 Å². The van der Waals surface area contributed by atoms with E-state index in [-0.39, 0.29) is 11.9 Å². The number of ether oxygens (including phenoxy) is 1. The van der Waals surface area contributed by atoms with Gasteiger partial charge >= 0.3 is 0 Å². The molecule has 2 rings (SSSR count). The lowest BCUT2D eigenvalue weighted by Crippen LogP contribution is -2.36. The molecule has 1 unspecified atom stereocenters. The van der Waals surface area contributed by atoms with E-state index >= 15 is 0 Å². The van der Waals surface area contributed by atoms with Crippen molar-refractivity contribution in [2.45, 2.75) is 24.2 Å². The number of aromatic nitrogens is 2. The third-order valence-electron chi connectivity index (χ3n) is 2.98. The highest BCUT2D eigenvalue weighted by Crippen LogP contribution is 2.29. The van der Waals surface area contributed by atoms with E-state index in [4.69, 9.17) is 16.3 Å². The van der Waals surface area contributed by atoms with Crippen LogP contribution in [0.25, 0.3) is 0 Å². The maximum Gasteiger partial charge on any atom is 0.230 e. The van der Waals surface area contributed by atoms with E-state index < -0.39 is 0 Å². The number of aryl methyl sites for hydroxylation is 1. The maximum absolute atomic E-state index is 11.8. The number of benzene rings is 1. The highest BCUT2D eigenvalue weighted by molar-refractivity contribution is 8.01. The quantitative estimate of drug-likeness (QED) is 0.676. The summed E-state index contributed by atoms with van der Waals surface area (Å²) in [5.74, 6) is 0.235. The first-order chi connectivity index (χ1) is 11.5. The largest absolute Gasteiger partial charge is 0.383 e. The topological polar surface area (TPSA) is 76.1 Å². The van der Waals surface area contributed by atoms with Gasteiger partial charge in [0.2, 0.25) is 11.0 Å². The summed E-state index contributed by atoms with van der Waals surface area (Å²) in [6, 6.07) is 5.70. The number of anilines is 2. The van der Waals surface area contributed by atoms with Crippen LogP contribution in [0.1, 0.15) is 12.5 Å². The Balaban J connectivity index is 1.84. The number of methoxy groups -OCH3 is 1. The molecule has 0 radical (unpaired) electrons. The fourth-order valence-corrected chi connectivity index (χ4v) is 3.61. The second kappa shape index (κ2) is 9.22. The van der Waals surface area contributed by atoms with Crippen LogP contribution in [-0.4, -0.2) is 41.6 Å². The Morgan fingerprint density at radius 1 is 1.46 bits per heavy atom. The molecule has 0 saturated carbocycles. The molecule has 9 heteroatoms. The summed E-state index contributed by atoms with van der Waals surface area (Å²) in [6.45, 7) is 4.33. The van der Waals surface area contributed by atoms with E-state index in [1.165, 1.54) is 23.1 Å². The molecule has 0 aliphatic carbocycles. The van der Waals surface area contributed by atoms with Crippen molar-refractivity contribution in [3.05, 3.63) is 28.8 Å². The molecule has 0 aliphatic rings. The molecule has 2 N–H and O–H groups in total. The van der Waals surface area contributed by atoms with Crippen LogP contribution in [0, 0.1) is 6.92 Å². The van der Waals surface area contributed by atoms with Gasteiger partial charge in [-0.1, -0.05) is 40.8 Å². The Kier molecular flexibility index (Phi) is 7.29. The smallest absolute Gasteiger partial charge is 0.230 e. The standard InChI is InChI=1S/C15H19ClN4O2S2/c1-9-4-5-11(6-12(9)16)18-14-19-20-15(24-14)23-8-13(21)17-10(2)7-22-3/h4-6,10H,7-8H2,1-3H3,(H,17,21)(H,18,19). The number of rotatable bonds is 8. The van der Waals surface area contributed by atoms with E-state index in [0.29, 0.717) is 22.5 Å². The number of nitrogens with one attached hydrogen (secondary N) is 2. The van der Waals surface area contributed by atoms with Crippen LogP contribution in [0.15, 0.2) is 22.5 Å². The number of carbonyl (C=O) groups is 1. The van der Waals surface area contributed by atoms with Crippen molar-refractivity contribution in [3.8, 4) is 0 Å². The van der Waals surface area contributed by atoms with Gasteiger partial charge in [-0.2, -0.15) is 0 Å². The SMILES string of the molecule is COCC(C)NC(=O)CSc1nnc(Nc2ccc(C)c(Cl)c2)s1. The number of hydrogen-bond donors (Lipinski definition) is 2. The third-order valence-corrected chi connectivity index (χ3v) is 5.36. The van der Waals surface area contributed by atoms with Crippen molar-refractivity contribution in [1.29, 1.82) is 0 Å². The van der Waals surface area contributed by atoms with E-state index in [1.54, 1.807) is 7.11 Å². The van der Waals surface area contributed by atoms with Crippen LogP contribution in [0.3, 0.4) is 0 Å². The van der Waals surface area contributed by atoms with Crippen molar-refractivity contribution >= 4 is 51.4 Å². The first-order valence-corrected chi connectivity index (χ1v) is 9.43. The van der Waals surface area contributed by atoms with Crippen LogP contribution in [0.2, 0.25) is 5.02 Å². The van der Waals surface area contributed by atoms with Gasteiger partial charge in [0.05, 0.1) is 12.4 Å². The molecule has 1 atom stereocenters. The van der Waals surface area contributed by atoms with Gasteiger partial charge in [0, 0.05) is 23.9 Å². The molecule has 0 saturated heterocycles. The number of hydrogen-bond acceptors (Lipinski definition) is 7. The van der Waals surface area contributed by atoms with Gasteiger partial charge in [0.15, 0.2) is 4.34 Å². The fourth-order valence-electron chi connectivity index (χ4n) is 1.85. The molecular weight excluding hydrogens is 368 g/mol. The zero-order chi connectivity index (χ0) is 17.5. The van der Waals surface area contributed by atoms with Crippen molar-refractivity contribution < 1.29 is 9.53 Å². The molecule has 2 aromatic rings. The monoisotopic (exact) mass is 386 g/mol. The lowest BCUT2D eigenvalue weighted by molar-refractivity contribution is -0.119. The fraction of sp³-hybridized carbons (Fsp3) is 0.400. The highest BCUT2D eigenvalue weighted by Gasteiger charge is 2.11. The number of thioether (sulfide) groups is 1. The summed E-state index contributed by atoms with van der Waals surface area (Å²) in [6.07, 6.45) is 0. The van der Waals surface area contributed by atoms with Crippen LogP contribution in [0.4, 0.5) is 10.8 Å². The van der Waals surface area contributed by atoms with Crippen molar-refractivity contribution in [2.75, 3.05) is 24.8 Å². The lowest BCUT2D eigenvalue weighted by Gasteiger charge is -2.11. The average molecular weight is 387 g/mol. The predicted molar refractivity (Wildman–Crippen MR) is 99.6 cm³/mol. The molecule has 0 fully saturated rings. The van der Waals surface area contributed by atoms with E-state index in [2.05, 4.69) is 20.8 Å². The van der Waals surface area contributed by atoms with Crippen LogP contribution < -0.4 is 10.6 Å². The zero-order valence-electron chi connectivity index (χ0n) is 13.6. The summed E-state index contributed by atoms with van der Waals surface area (Å²) >= 11 is 8.85. The first-order valence-electron chi connectivity index (χ1n) is 7.25. The molecule has 1 heterocycles. The molecule has 1 aromatic heterocycles. The summed E-state index contributed by atoms with van der Waals surface area (Å²) in [7, 11) is 1.61. The Labute approximate surface area is 154 Å². The molecule has 0 bridgehead atoms. The summed E-state index contributed by atoms with van der Waals surface area (Å²) < 4.78 is 5.71. The Morgan fingerprint density at radius 2 is 2.25 bits per heavy atom. The molecule has 24 heavy (non-hydrogen) atoms. The Hall–Kier alpha value is -1.35. The molecular formula is C15H19ClN4O2S2. The second-order valence-corrected chi connectivity index (χ2v) is 7.78. The molecule has 0 aliphatic heterocycles. The van der Waals surface area contributed by atoms with E-state index in [1.807, 2.05) is 32.0 Å². The number of carbonyl (C=O) groups excluding carboxylic acids is 1. The molecule has 1 amide bonds. The van der Waals surface area contributed by atoms with E-state index in [9.17, 15) is 4.79 Å². The van der Waals surface area contributed by atoms with Gasteiger partial charge in [-0.15, -0.1) is 10.2 Å². The van der Waals surface area contributed by atoms with Crippen molar-refractivity contribution in [1.82, 2.24) is 15.5 Å². The van der Waals surface area contributed by atoms with Gasteiger partial charge in [-0.25, -0.2) is 0 Å². The lowest BCUT2D eigenvalue weighted by atomic mass is 10.2. The van der Waals surface area contributed by atoms with Gasteiger partial charge in [0.25, 0.3) is 0 Å². The highest BCUT2D eigenvalue weighted by atomic mass is 35.5. The van der Waals surface area contributed by atoms with Gasteiger partial charge < -0.3 is 15.4 Å². The number of amides is 1. The van der Waals surface area contributed by atoms with Crippen molar-refractivity contribution in [2.24, 2.45) is 0 Å². The summed E-state index contributed by atoms with van der Waals surface area (Å²) in [5, 5.41) is 15.5. The first kappa shape index (κ1) is 19.0. The molecule has 130 valence electrons. The van der Waals surface area contributed by atoms with Crippen LogP contribution in [-0.2, 0) is 9.53 Å². The number of halogens is 1. The minimum absolute atomic E-state index is 0.0129. The Morgan fingerprint density at radius 3 is 2.96 bits per heavy atom. The van der Waals surface area contributed by atoms with Gasteiger partial charge in [-0.3, -0.25) is 4.79 Å². The van der Waals surface area contributed by atoms with Crippen molar-refractivity contribution in [3.63, 3.8) is 0 Å². The van der Waals surface area contributed by atoms with Crippen LogP contribution in [0.5, 0.6) is 0 Å². The predicted octanol–water partition coefficient (Wildman–Crippen LogP) is 3.49. The average Bonchev–Trinajstić information content (AvgIpc) is 2.97. The van der Waals surface area contributed by atoms with E-state index in [0.717, 1.165) is 15.6 Å². The summed E-state index contributed by atoms with van der Waals surface area (Å²) in [5.41, 5.74) is 1.87. The minimum Gasteiger partial charge on any atom is -0.383 e. The molecule has 6 nitrogen and oxygen atoms in total. The molecule has 1 aromatic carbocycles. The maximum atomic E-state index is 11.8. The zero-order valence-corrected chi connectivity index (χ0v) is 16.0. The third kappa shape index (κ3) is 5.94. The summed E-state index contributed by atoms with van der Waals surface area (Å²) in [4.78, 5) is 11.8. The van der Waals surface area contributed by atoms with Gasteiger partial charge in [0.1, 0.15) is 0 Å². The molecule has 0 spiro atoms. The normalized spacial score (nSPS) is 12.0. The Bertz CT molecular complexity index is 696. The second-order valence-electron chi connectivity index (χ2n) is 5.17. The van der Waals surface area contributed by atoms with Gasteiger partial charge in [-0.05, 0) is 31.5 Å².